The Hall–Kier alpha value is -1.03. The first kappa shape index (κ1) is 14.9. The molecule has 0 aliphatic heterocycles. The number of benzene rings is 1. The molecule has 2 saturated carbocycles. The van der Waals surface area contributed by atoms with E-state index in [1.54, 1.807) is 6.07 Å². The number of halogens is 1. The molecule has 0 aromatic heterocycles. The van der Waals surface area contributed by atoms with E-state index >= 15 is 0 Å². The minimum absolute atomic E-state index is 0.0771. The van der Waals surface area contributed by atoms with Crippen molar-refractivity contribution in [2.75, 3.05) is 6.61 Å². The van der Waals surface area contributed by atoms with Crippen LogP contribution in [0.2, 0.25) is 0 Å². The van der Waals surface area contributed by atoms with Gasteiger partial charge in [-0.05, 0) is 49.1 Å². The molecule has 2 fully saturated rings. The topological polar surface area (TPSA) is 50.1 Å². The van der Waals surface area contributed by atoms with Crippen molar-refractivity contribution < 1.29 is 9.53 Å². The normalized spacial score (nSPS) is 26.0. The Morgan fingerprint density at radius 1 is 1.48 bits per heavy atom. The zero-order chi connectivity index (χ0) is 15.0. The van der Waals surface area contributed by atoms with E-state index in [9.17, 15) is 4.79 Å². The first-order valence-electron chi connectivity index (χ1n) is 7.72. The number of carbonyl (C=O) groups is 1. The third-order valence-electron chi connectivity index (χ3n) is 5.12. The van der Waals surface area contributed by atoms with E-state index in [1.165, 1.54) is 6.42 Å². The van der Waals surface area contributed by atoms with Crippen LogP contribution in [0.3, 0.4) is 0 Å². The van der Waals surface area contributed by atoms with Gasteiger partial charge in [0, 0.05) is 4.47 Å². The minimum atomic E-state index is -0.467. The van der Waals surface area contributed by atoms with Gasteiger partial charge in [-0.1, -0.05) is 41.4 Å². The van der Waals surface area contributed by atoms with Gasteiger partial charge >= 0.3 is 5.97 Å². The predicted octanol–water partition coefficient (Wildman–Crippen LogP) is 5.14. The second-order valence-electron chi connectivity index (χ2n) is 6.53. The average Bonchev–Trinajstić information content (AvgIpc) is 3.08. The number of carbonyl (C=O) groups excluding carboxylic acids is 1. The van der Waals surface area contributed by atoms with Crippen molar-refractivity contribution in [1.82, 2.24) is 0 Å². The largest absolute Gasteiger partial charge is 0.698 e. The Labute approximate surface area is 134 Å². The summed E-state index contributed by atoms with van der Waals surface area (Å²) in [5, 5.41) is 0. The van der Waals surface area contributed by atoms with Gasteiger partial charge in [0.1, 0.15) is 0 Å². The highest BCUT2D eigenvalue weighted by molar-refractivity contribution is 9.10. The highest BCUT2D eigenvalue weighted by Gasteiger charge is 2.47. The fourth-order valence-corrected chi connectivity index (χ4v) is 3.58. The molecule has 0 radical (unpaired) electrons. The van der Waals surface area contributed by atoms with Crippen LogP contribution in [0.25, 0.3) is 5.73 Å². The summed E-state index contributed by atoms with van der Waals surface area (Å²) >= 11 is 3.39. The summed E-state index contributed by atoms with van der Waals surface area (Å²) in [7, 11) is 0. The highest BCUT2D eigenvalue weighted by Crippen LogP contribution is 2.46. The smallest absolute Gasteiger partial charge is 0.316 e. The molecule has 0 heterocycles. The number of nitrogens with one attached hydrogen (secondary N) is 1. The Morgan fingerprint density at radius 3 is 2.71 bits per heavy atom. The summed E-state index contributed by atoms with van der Waals surface area (Å²) in [6.45, 7) is 2.80. The van der Waals surface area contributed by atoms with Gasteiger partial charge < -0.3 is 10.5 Å². The van der Waals surface area contributed by atoms with Crippen LogP contribution in [0.1, 0.15) is 44.6 Å². The summed E-state index contributed by atoms with van der Waals surface area (Å²) in [5.74, 6) is 1.49. The van der Waals surface area contributed by atoms with Crippen LogP contribution < -0.4 is 0 Å². The molecule has 0 saturated heterocycles. The summed E-state index contributed by atoms with van der Waals surface area (Å²) in [6.07, 6.45) is 5.05. The van der Waals surface area contributed by atoms with Gasteiger partial charge in [-0.2, -0.15) is 0 Å². The number of hydrogen-bond acceptors (Lipinski definition) is 2. The molecular weight excluding hydrogens is 330 g/mol. The fraction of sp³-hybridized carbons (Fsp3) is 0.588. The van der Waals surface area contributed by atoms with Gasteiger partial charge in [-0.25, -0.2) is 0 Å². The van der Waals surface area contributed by atoms with Crippen molar-refractivity contribution in [3.8, 4) is 0 Å². The molecule has 2 aliphatic rings. The molecule has 3 nitrogen and oxygen atoms in total. The second kappa shape index (κ2) is 5.64. The van der Waals surface area contributed by atoms with Crippen molar-refractivity contribution in [3.63, 3.8) is 0 Å². The first-order chi connectivity index (χ1) is 10.0. The van der Waals surface area contributed by atoms with Crippen molar-refractivity contribution >= 4 is 27.6 Å². The Kier molecular flexibility index (Phi) is 4.00. The number of hydrogen-bond donors (Lipinski definition) is 0. The van der Waals surface area contributed by atoms with Crippen molar-refractivity contribution in [3.05, 3.63) is 34.0 Å². The van der Waals surface area contributed by atoms with Crippen LogP contribution in [-0.4, -0.2) is 12.6 Å². The highest BCUT2D eigenvalue weighted by atomic mass is 79.9. The summed E-state index contributed by atoms with van der Waals surface area (Å²) in [4.78, 5) is 12.5. The van der Waals surface area contributed by atoms with E-state index in [0.717, 1.165) is 47.6 Å². The Morgan fingerprint density at radius 2 is 2.19 bits per heavy atom. The maximum Gasteiger partial charge on any atom is 0.316 e. The number of rotatable bonds is 5. The zero-order valence-electron chi connectivity index (χ0n) is 12.3. The molecule has 21 heavy (non-hydrogen) atoms. The standard InChI is InChI=1S/C17H21BrNO2/c1-11-9-12(11)5-8-21-16(20)17(6-2-7-17)13-3-4-15(19)14(18)10-13/h3-4,10-12,19H,2,5-9H2,1H3/q-1/t11?,12-/m0/s1. The van der Waals surface area contributed by atoms with E-state index in [2.05, 4.69) is 22.9 Å². The van der Waals surface area contributed by atoms with E-state index in [4.69, 9.17) is 10.5 Å². The molecule has 1 N–H and O–H groups in total. The Balaban J connectivity index is 1.67. The van der Waals surface area contributed by atoms with E-state index in [0.29, 0.717) is 12.3 Å². The lowest BCUT2D eigenvalue weighted by atomic mass is 9.64. The average molecular weight is 351 g/mol. The molecule has 0 spiro atoms. The maximum absolute atomic E-state index is 12.5. The van der Waals surface area contributed by atoms with Gasteiger partial charge in [-0.15, -0.1) is 5.69 Å². The third kappa shape index (κ3) is 2.83. The van der Waals surface area contributed by atoms with Crippen LogP contribution in [0.4, 0.5) is 5.69 Å². The third-order valence-corrected chi connectivity index (χ3v) is 5.77. The SMILES string of the molecule is CC1C[C@@H]1CCOC(=O)C1(c2ccc([NH-])c(Br)c2)CCC1. The molecule has 114 valence electrons. The minimum Gasteiger partial charge on any atom is -0.698 e. The Bertz CT molecular complexity index is 554. The first-order valence-corrected chi connectivity index (χ1v) is 8.51. The van der Waals surface area contributed by atoms with E-state index < -0.39 is 5.41 Å². The lowest BCUT2D eigenvalue weighted by Crippen LogP contribution is -2.43. The van der Waals surface area contributed by atoms with Crippen LogP contribution in [-0.2, 0) is 14.9 Å². The van der Waals surface area contributed by atoms with Crippen LogP contribution >= 0.6 is 15.9 Å². The molecule has 2 aliphatic carbocycles. The lowest BCUT2D eigenvalue weighted by molar-refractivity contribution is -0.154. The number of esters is 1. The fourth-order valence-electron chi connectivity index (χ4n) is 3.20. The molecule has 1 aromatic carbocycles. The van der Waals surface area contributed by atoms with Crippen LogP contribution in [0, 0.1) is 11.8 Å². The molecule has 1 aromatic rings. The summed E-state index contributed by atoms with van der Waals surface area (Å²) in [5.41, 5.74) is 8.69. The van der Waals surface area contributed by atoms with Gasteiger partial charge in [0.2, 0.25) is 0 Å². The lowest BCUT2D eigenvalue weighted by Gasteiger charge is -2.40. The van der Waals surface area contributed by atoms with Gasteiger partial charge in [0.15, 0.2) is 0 Å². The second-order valence-corrected chi connectivity index (χ2v) is 7.38. The molecule has 0 amide bonds. The quantitative estimate of drug-likeness (QED) is 0.690. The molecule has 3 rings (SSSR count). The van der Waals surface area contributed by atoms with Crippen LogP contribution in [0.15, 0.2) is 22.7 Å². The zero-order valence-corrected chi connectivity index (χ0v) is 13.9. The van der Waals surface area contributed by atoms with Gasteiger partial charge in [0.25, 0.3) is 0 Å². The van der Waals surface area contributed by atoms with Crippen molar-refractivity contribution in [1.29, 1.82) is 0 Å². The molecule has 2 atom stereocenters. The van der Waals surface area contributed by atoms with E-state index in [1.807, 2.05) is 12.1 Å². The monoisotopic (exact) mass is 350 g/mol. The van der Waals surface area contributed by atoms with Gasteiger partial charge in [-0.3, -0.25) is 4.79 Å². The maximum atomic E-state index is 12.5. The number of ether oxygens (including phenoxy) is 1. The van der Waals surface area contributed by atoms with Gasteiger partial charge in [0.05, 0.1) is 12.0 Å². The summed E-state index contributed by atoms with van der Waals surface area (Å²) < 4.78 is 6.31. The van der Waals surface area contributed by atoms with Crippen LogP contribution in [0.5, 0.6) is 0 Å². The molecule has 0 bridgehead atoms. The van der Waals surface area contributed by atoms with Crippen molar-refractivity contribution in [2.24, 2.45) is 11.8 Å². The molecule has 1 unspecified atom stereocenters. The molecular formula is C17H21BrNO2-. The van der Waals surface area contributed by atoms with E-state index in [-0.39, 0.29) is 5.97 Å². The summed E-state index contributed by atoms with van der Waals surface area (Å²) in [6, 6.07) is 5.56. The molecule has 4 heteroatoms. The predicted molar refractivity (Wildman–Crippen MR) is 86.5 cm³/mol. The van der Waals surface area contributed by atoms with Crippen molar-refractivity contribution in [2.45, 2.75) is 44.4 Å².